The molecule has 0 aromatic carbocycles. The van der Waals surface area contributed by atoms with Crippen LogP contribution in [0.1, 0.15) is 33.3 Å². The van der Waals surface area contributed by atoms with E-state index in [0.29, 0.717) is 22.6 Å². The number of nitrogens with zero attached hydrogens (tertiary/aromatic N) is 2. The molecule has 0 saturated heterocycles. The Kier molecular flexibility index (Phi) is 2.99. The van der Waals surface area contributed by atoms with Gasteiger partial charge in [0, 0.05) is 6.54 Å². The highest BCUT2D eigenvalue weighted by atomic mass is 16.5. The molecule has 1 fully saturated rings. The third kappa shape index (κ3) is 1.84. The quantitative estimate of drug-likeness (QED) is 0.891. The van der Waals surface area contributed by atoms with Gasteiger partial charge in [0.25, 0.3) is 0 Å². The lowest BCUT2D eigenvalue weighted by atomic mass is 10.0. The predicted molar refractivity (Wildman–Crippen MR) is 72.9 cm³/mol. The van der Waals surface area contributed by atoms with E-state index in [1.165, 1.54) is 6.33 Å². The number of anilines is 1. The molecule has 0 bridgehead atoms. The van der Waals surface area contributed by atoms with Gasteiger partial charge in [-0.2, -0.15) is 0 Å². The molecule has 1 aliphatic carbocycles. The summed E-state index contributed by atoms with van der Waals surface area (Å²) in [6, 6.07) is 0. The third-order valence-electron chi connectivity index (χ3n) is 5.02. The summed E-state index contributed by atoms with van der Waals surface area (Å²) in [5.41, 5.74) is 1.76. The summed E-state index contributed by atoms with van der Waals surface area (Å²) in [6.07, 6.45) is 1.54. The Labute approximate surface area is 109 Å². The van der Waals surface area contributed by atoms with Crippen molar-refractivity contribution in [2.24, 2.45) is 16.7 Å². The van der Waals surface area contributed by atoms with Crippen LogP contribution in [-0.4, -0.2) is 23.6 Å². The number of aromatic nitrogens is 2. The summed E-state index contributed by atoms with van der Waals surface area (Å²) >= 11 is 0. The molecule has 4 heteroatoms. The molecule has 0 radical (unpaired) electrons. The monoisotopic (exact) mass is 249 g/mol. The molecule has 18 heavy (non-hydrogen) atoms. The summed E-state index contributed by atoms with van der Waals surface area (Å²) in [7, 11) is 1.63. The topological polar surface area (TPSA) is 47.0 Å². The Hall–Kier alpha value is -1.32. The molecule has 0 unspecified atom stereocenters. The Morgan fingerprint density at radius 1 is 1.22 bits per heavy atom. The summed E-state index contributed by atoms with van der Waals surface area (Å²) in [6.45, 7) is 12.2. The zero-order valence-electron chi connectivity index (χ0n) is 12.2. The first-order chi connectivity index (χ1) is 8.32. The molecular formula is C14H23N3O. The minimum absolute atomic E-state index is 0.394. The van der Waals surface area contributed by atoms with Crippen LogP contribution < -0.4 is 10.1 Å². The highest BCUT2D eigenvalue weighted by Crippen LogP contribution is 2.68. The average molecular weight is 249 g/mol. The van der Waals surface area contributed by atoms with E-state index >= 15 is 0 Å². The van der Waals surface area contributed by atoms with E-state index in [0.717, 1.165) is 17.9 Å². The van der Waals surface area contributed by atoms with E-state index in [1.54, 1.807) is 7.11 Å². The highest BCUT2D eigenvalue weighted by molar-refractivity contribution is 5.47. The van der Waals surface area contributed by atoms with Gasteiger partial charge in [0.05, 0.1) is 12.7 Å². The van der Waals surface area contributed by atoms with Crippen LogP contribution in [0.2, 0.25) is 0 Å². The van der Waals surface area contributed by atoms with Gasteiger partial charge in [-0.1, -0.05) is 27.7 Å². The standard InChI is InChI=1S/C14H23N3O/c1-9-11(16-8-17-12(9)18-6)15-7-10-13(2,3)14(10,4)5/h8,10H,7H2,1-6H3,(H,15,16,17). The molecule has 0 spiro atoms. The fourth-order valence-electron chi connectivity index (χ4n) is 2.86. The highest BCUT2D eigenvalue weighted by Gasteiger charge is 2.64. The van der Waals surface area contributed by atoms with Gasteiger partial charge in [0.2, 0.25) is 5.88 Å². The van der Waals surface area contributed by atoms with Gasteiger partial charge >= 0.3 is 0 Å². The first-order valence-corrected chi connectivity index (χ1v) is 6.42. The van der Waals surface area contributed by atoms with Crippen LogP contribution in [0.25, 0.3) is 0 Å². The van der Waals surface area contributed by atoms with Crippen LogP contribution in [0.15, 0.2) is 6.33 Å². The lowest BCUT2D eigenvalue weighted by Crippen LogP contribution is -2.11. The Bertz CT molecular complexity index is 440. The second kappa shape index (κ2) is 4.11. The van der Waals surface area contributed by atoms with E-state index in [-0.39, 0.29) is 0 Å². The normalized spacial score (nSPS) is 20.6. The Morgan fingerprint density at radius 2 is 1.83 bits per heavy atom. The fourth-order valence-corrected chi connectivity index (χ4v) is 2.86. The fraction of sp³-hybridized carbons (Fsp3) is 0.714. The van der Waals surface area contributed by atoms with Crippen LogP contribution in [0, 0.1) is 23.7 Å². The summed E-state index contributed by atoms with van der Waals surface area (Å²) in [4.78, 5) is 8.36. The van der Waals surface area contributed by atoms with Crippen LogP contribution in [0.3, 0.4) is 0 Å². The number of hydrogen-bond donors (Lipinski definition) is 1. The molecule has 2 rings (SSSR count). The minimum Gasteiger partial charge on any atom is -0.481 e. The van der Waals surface area contributed by atoms with Crippen LogP contribution >= 0.6 is 0 Å². The van der Waals surface area contributed by atoms with E-state index in [4.69, 9.17) is 4.74 Å². The van der Waals surface area contributed by atoms with Crippen molar-refractivity contribution in [3.63, 3.8) is 0 Å². The van der Waals surface area contributed by atoms with Gasteiger partial charge in [0.1, 0.15) is 12.1 Å². The van der Waals surface area contributed by atoms with Gasteiger partial charge in [-0.3, -0.25) is 0 Å². The van der Waals surface area contributed by atoms with Crippen LogP contribution in [0.5, 0.6) is 5.88 Å². The molecule has 100 valence electrons. The van der Waals surface area contributed by atoms with Crippen molar-refractivity contribution in [2.75, 3.05) is 19.0 Å². The van der Waals surface area contributed by atoms with E-state index in [2.05, 4.69) is 43.0 Å². The molecular weight excluding hydrogens is 226 g/mol. The van der Waals surface area contributed by atoms with Crippen molar-refractivity contribution in [3.8, 4) is 5.88 Å². The molecule has 1 aliphatic rings. The molecule has 1 aromatic heterocycles. The first-order valence-electron chi connectivity index (χ1n) is 6.42. The first kappa shape index (κ1) is 13.1. The van der Waals surface area contributed by atoms with Crippen LogP contribution in [-0.2, 0) is 0 Å². The second-order valence-electron chi connectivity index (χ2n) is 6.23. The van der Waals surface area contributed by atoms with Gasteiger partial charge in [-0.05, 0) is 23.7 Å². The maximum Gasteiger partial charge on any atom is 0.221 e. The maximum atomic E-state index is 5.20. The zero-order valence-corrected chi connectivity index (χ0v) is 12.2. The molecule has 1 N–H and O–H groups in total. The van der Waals surface area contributed by atoms with Gasteiger partial charge in [-0.15, -0.1) is 0 Å². The molecule has 1 heterocycles. The van der Waals surface area contributed by atoms with Crippen molar-refractivity contribution in [1.82, 2.24) is 9.97 Å². The van der Waals surface area contributed by atoms with Crippen molar-refractivity contribution in [2.45, 2.75) is 34.6 Å². The molecule has 0 atom stereocenters. The SMILES string of the molecule is COc1ncnc(NCC2C(C)(C)C2(C)C)c1C. The maximum absolute atomic E-state index is 5.20. The molecule has 0 amide bonds. The number of nitrogens with one attached hydrogen (secondary N) is 1. The number of hydrogen-bond acceptors (Lipinski definition) is 4. The van der Waals surface area contributed by atoms with Crippen molar-refractivity contribution >= 4 is 5.82 Å². The Balaban J connectivity index is 2.05. The van der Waals surface area contributed by atoms with Gasteiger partial charge in [0.15, 0.2) is 0 Å². The third-order valence-corrected chi connectivity index (χ3v) is 5.02. The van der Waals surface area contributed by atoms with E-state index < -0.39 is 0 Å². The summed E-state index contributed by atoms with van der Waals surface area (Å²) < 4.78 is 5.20. The van der Waals surface area contributed by atoms with Crippen LogP contribution in [0.4, 0.5) is 5.82 Å². The van der Waals surface area contributed by atoms with Crippen molar-refractivity contribution < 1.29 is 4.74 Å². The van der Waals surface area contributed by atoms with Crippen molar-refractivity contribution in [3.05, 3.63) is 11.9 Å². The second-order valence-corrected chi connectivity index (χ2v) is 6.23. The predicted octanol–water partition coefficient (Wildman–Crippen LogP) is 2.89. The number of rotatable bonds is 4. The molecule has 1 aromatic rings. The summed E-state index contributed by atoms with van der Waals surface area (Å²) in [5, 5.41) is 3.43. The molecule has 4 nitrogen and oxygen atoms in total. The lowest BCUT2D eigenvalue weighted by molar-refractivity contribution is 0.393. The number of methoxy groups -OCH3 is 1. The Morgan fingerprint density at radius 3 is 2.33 bits per heavy atom. The molecule has 1 saturated carbocycles. The summed E-state index contributed by atoms with van der Waals surface area (Å²) in [5.74, 6) is 2.19. The lowest BCUT2D eigenvalue weighted by Gasteiger charge is -2.11. The smallest absolute Gasteiger partial charge is 0.221 e. The van der Waals surface area contributed by atoms with Gasteiger partial charge in [-0.25, -0.2) is 9.97 Å². The van der Waals surface area contributed by atoms with E-state index in [1.807, 2.05) is 6.92 Å². The van der Waals surface area contributed by atoms with E-state index in [9.17, 15) is 0 Å². The largest absolute Gasteiger partial charge is 0.481 e. The number of ether oxygens (including phenoxy) is 1. The zero-order chi connectivity index (χ0) is 13.6. The van der Waals surface area contributed by atoms with Crippen molar-refractivity contribution in [1.29, 1.82) is 0 Å². The average Bonchev–Trinajstić information content (AvgIpc) is 2.69. The minimum atomic E-state index is 0.394. The molecule has 0 aliphatic heterocycles. The van der Waals surface area contributed by atoms with Gasteiger partial charge < -0.3 is 10.1 Å².